The van der Waals surface area contributed by atoms with E-state index in [2.05, 4.69) is 16.7 Å². The fourth-order valence-corrected chi connectivity index (χ4v) is 3.11. The van der Waals surface area contributed by atoms with Gasteiger partial charge in [-0.1, -0.05) is 13.3 Å². The van der Waals surface area contributed by atoms with E-state index in [-0.39, 0.29) is 11.3 Å². The van der Waals surface area contributed by atoms with Crippen molar-refractivity contribution in [1.29, 1.82) is 0 Å². The third-order valence-electron chi connectivity index (χ3n) is 4.87. The summed E-state index contributed by atoms with van der Waals surface area (Å²) in [4.78, 5) is 17.2. The van der Waals surface area contributed by atoms with Gasteiger partial charge in [0.15, 0.2) is 0 Å². The highest BCUT2D eigenvalue weighted by atomic mass is 16.2. The van der Waals surface area contributed by atoms with Gasteiger partial charge in [0, 0.05) is 32.2 Å². The van der Waals surface area contributed by atoms with Crippen molar-refractivity contribution < 1.29 is 4.79 Å². The van der Waals surface area contributed by atoms with E-state index in [9.17, 15) is 4.79 Å². The Balaban J connectivity index is 2.00. The van der Waals surface area contributed by atoms with Crippen LogP contribution in [0.25, 0.3) is 0 Å². The lowest BCUT2D eigenvalue weighted by atomic mass is 9.85. The van der Waals surface area contributed by atoms with E-state index in [1.165, 1.54) is 25.8 Å². The third-order valence-corrected chi connectivity index (χ3v) is 4.87. The lowest BCUT2D eigenvalue weighted by Gasteiger charge is -2.46. The SMILES string of the molecule is CCC(C)(CN)C(=O)N1CCN2CCCCC2C1. The summed E-state index contributed by atoms with van der Waals surface area (Å²) in [6, 6.07) is 0.593. The number of hydrogen-bond acceptors (Lipinski definition) is 3. The molecule has 0 radical (unpaired) electrons. The van der Waals surface area contributed by atoms with Crippen LogP contribution in [0.3, 0.4) is 0 Å². The fraction of sp³-hybridized carbons (Fsp3) is 0.929. The molecular weight excluding hydrogens is 226 g/mol. The zero-order chi connectivity index (χ0) is 13.2. The summed E-state index contributed by atoms with van der Waals surface area (Å²) in [6.07, 6.45) is 4.70. The molecule has 0 spiro atoms. The molecule has 2 aliphatic heterocycles. The highest BCUT2D eigenvalue weighted by Crippen LogP contribution is 2.27. The van der Waals surface area contributed by atoms with Gasteiger partial charge < -0.3 is 10.6 Å². The summed E-state index contributed by atoms with van der Waals surface area (Å²) in [5.41, 5.74) is 5.43. The van der Waals surface area contributed by atoms with Crippen LogP contribution in [0.2, 0.25) is 0 Å². The summed E-state index contributed by atoms with van der Waals surface area (Å²) >= 11 is 0. The number of piperazine rings is 1. The van der Waals surface area contributed by atoms with Crippen LogP contribution in [0.5, 0.6) is 0 Å². The third kappa shape index (κ3) is 2.54. The number of rotatable bonds is 3. The maximum atomic E-state index is 12.6. The van der Waals surface area contributed by atoms with E-state index in [0.717, 1.165) is 26.1 Å². The number of carbonyl (C=O) groups is 1. The number of nitrogens with zero attached hydrogens (tertiary/aromatic N) is 2. The molecule has 2 saturated heterocycles. The maximum absolute atomic E-state index is 12.6. The summed E-state index contributed by atoms with van der Waals surface area (Å²) < 4.78 is 0. The van der Waals surface area contributed by atoms with Crippen molar-refractivity contribution in [2.75, 3.05) is 32.7 Å². The minimum atomic E-state index is -0.364. The molecular formula is C14H27N3O. The van der Waals surface area contributed by atoms with Crippen LogP contribution in [0.15, 0.2) is 0 Å². The fourth-order valence-electron chi connectivity index (χ4n) is 3.11. The number of piperidine rings is 1. The van der Waals surface area contributed by atoms with Crippen LogP contribution in [-0.4, -0.2) is 54.5 Å². The molecule has 0 saturated carbocycles. The molecule has 0 aromatic rings. The van der Waals surface area contributed by atoms with Gasteiger partial charge in [-0.3, -0.25) is 9.69 Å². The number of hydrogen-bond donors (Lipinski definition) is 1. The van der Waals surface area contributed by atoms with Gasteiger partial charge in [-0.2, -0.15) is 0 Å². The predicted octanol–water partition coefficient (Wildman–Crippen LogP) is 1.06. The van der Waals surface area contributed by atoms with Crippen molar-refractivity contribution in [2.24, 2.45) is 11.1 Å². The van der Waals surface area contributed by atoms with E-state index < -0.39 is 0 Å². The minimum Gasteiger partial charge on any atom is -0.339 e. The van der Waals surface area contributed by atoms with Gasteiger partial charge in [-0.15, -0.1) is 0 Å². The topological polar surface area (TPSA) is 49.6 Å². The van der Waals surface area contributed by atoms with Crippen molar-refractivity contribution in [3.8, 4) is 0 Å². The predicted molar refractivity (Wildman–Crippen MR) is 73.2 cm³/mol. The van der Waals surface area contributed by atoms with Crippen LogP contribution in [0.4, 0.5) is 0 Å². The normalized spacial score (nSPS) is 28.6. The Morgan fingerprint density at radius 3 is 2.78 bits per heavy atom. The Morgan fingerprint density at radius 2 is 2.11 bits per heavy atom. The lowest BCUT2D eigenvalue weighted by molar-refractivity contribution is -0.144. The number of nitrogens with two attached hydrogens (primary N) is 1. The monoisotopic (exact) mass is 253 g/mol. The van der Waals surface area contributed by atoms with Gasteiger partial charge in [0.1, 0.15) is 0 Å². The molecule has 0 bridgehead atoms. The van der Waals surface area contributed by atoms with E-state index in [4.69, 9.17) is 5.73 Å². The average Bonchev–Trinajstić information content (AvgIpc) is 2.45. The van der Waals surface area contributed by atoms with Crippen molar-refractivity contribution in [3.63, 3.8) is 0 Å². The Bertz CT molecular complexity index is 301. The molecule has 2 fully saturated rings. The smallest absolute Gasteiger partial charge is 0.229 e. The molecule has 18 heavy (non-hydrogen) atoms. The second-order valence-electron chi connectivity index (χ2n) is 6.06. The Morgan fingerprint density at radius 1 is 1.33 bits per heavy atom. The van der Waals surface area contributed by atoms with Gasteiger partial charge in [0.05, 0.1) is 5.41 Å². The molecule has 0 aromatic carbocycles. The molecule has 0 aromatic heterocycles. The molecule has 2 rings (SSSR count). The molecule has 2 heterocycles. The highest BCUT2D eigenvalue weighted by Gasteiger charge is 2.38. The van der Waals surface area contributed by atoms with E-state index in [1.807, 2.05) is 6.92 Å². The van der Waals surface area contributed by atoms with Crippen molar-refractivity contribution in [2.45, 2.75) is 45.6 Å². The maximum Gasteiger partial charge on any atom is 0.229 e. The summed E-state index contributed by atoms with van der Waals surface area (Å²) in [5.74, 6) is 0.262. The standard InChI is InChI=1S/C14H27N3O/c1-3-14(2,11-15)13(18)17-9-8-16-7-5-4-6-12(16)10-17/h12H,3-11,15H2,1-2H3. The molecule has 0 aliphatic carbocycles. The van der Waals surface area contributed by atoms with Gasteiger partial charge in [-0.25, -0.2) is 0 Å². The van der Waals surface area contributed by atoms with Crippen LogP contribution in [0, 0.1) is 5.41 Å². The molecule has 4 heteroatoms. The van der Waals surface area contributed by atoms with Crippen molar-refractivity contribution >= 4 is 5.91 Å². The zero-order valence-electron chi connectivity index (χ0n) is 11.8. The first kappa shape index (κ1) is 13.8. The number of carbonyl (C=O) groups excluding carboxylic acids is 1. The van der Waals surface area contributed by atoms with Crippen LogP contribution < -0.4 is 5.73 Å². The number of amides is 1. The van der Waals surface area contributed by atoms with Gasteiger partial charge in [-0.05, 0) is 32.7 Å². The average molecular weight is 253 g/mol. The largest absolute Gasteiger partial charge is 0.339 e. The summed E-state index contributed by atoms with van der Waals surface area (Å²) in [6.45, 7) is 8.56. The molecule has 2 N–H and O–H groups in total. The molecule has 2 aliphatic rings. The quantitative estimate of drug-likeness (QED) is 0.818. The van der Waals surface area contributed by atoms with Crippen LogP contribution >= 0.6 is 0 Å². The van der Waals surface area contributed by atoms with Crippen molar-refractivity contribution in [3.05, 3.63) is 0 Å². The van der Waals surface area contributed by atoms with Crippen LogP contribution in [-0.2, 0) is 4.79 Å². The highest BCUT2D eigenvalue weighted by molar-refractivity contribution is 5.82. The van der Waals surface area contributed by atoms with E-state index >= 15 is 0 Å². The summed E-state index contributed by atoms with van der Waals surface area (Å²) in [5, 5.41) is 0. The first-order valence-electron chi connectivity index (χ1n) is 7.34. The molecule has 4 nitrogen and oxygen atoms in total. The number of fused-ring (bicyclic) bond motifs is 1. The first-order valence-corrected chi connectivity index (χ1v) is 7.34. The van der Waals surface area contributed by atoms with E-state index in [1.54, 1.807) is 0 Å². The summed E-state index contributed by atoms with van der Waals surface area (Å²) in [7, 11) is 0. The lowest BCUT2D eigenvalue weighted by Crippen LogP contribution is -2.59. The molecule has 104 valence electrons. The zero-order valence-corrected chi connectivity index (χ0v) is 11.8. The van der Waals surface area contributed by atoms with Crippen molar-refractivity contribution in [1.82, 2.24) is 9.80 Å². The van der Waals surface area contributed by atoms with Gasteiger partial charge >= 0.3 is 0 Å². The minimum absolute atomic E-state index is 0.262. The second kappa shape index (κ2) is 5.57. The molecule has 2 unspecified atom stereocenters. The van der Waals surface area contributed by atoms with Gasteiger partial charge in [0.25, 0.3) is 0 Å². The Hall–Kier alpha value is -0.610. The second-order valence-corrected chi connectivity index (χ2v) is 6.06. The van der Waals surface area contributed by atoms with E-state index in [0.29, 0.717) is 12.6 Å². The molecule has 2 atom stereocenters. The Labute approximate surface area is 110 Å². The Kier molecular flexibility index (Phi) is 4.28. The molecule has 1 amide bonds. The van der Waals surface area contributed by atoms with Gasteiger partial charge in [0.2, 0.25) is 5.91 Å². The van der Waals surface area contributed by atoms with Crippen LogP contribution in [0.1, 0.15) is 39.5 Å². The first-order chi connectivity index (χ1) is 8.60.